The SMILES string of the molecule is CC1C(COP(=O)(O)OP(=O)(O)OCC2OC([n+]3cccc(C(N)=O)c3)C(O)C2O)OC(n2cnc3c(N)ncnc32)C1C. The Hall–Kier alpha value is -2.93. The first-order valence-corrected chi connectivity index (χ1v) is 16.2. The van der Waals surface area contributed by atoms with E-state index in [0.29, 0.717) is 11.2 Å². The molecular formula is C23H32N7O12P2+. The zero-order chi connectivity index (χ0) is 32.0. The number of nitrogen functional groups attached to an aromatic ring is 1. The smallest absolute Gasteiger partial charge is 0.387 e. The van der Waals surface area contributed by atoms with E-state index in [1.54, 1.807) is 4.57 Å². The summed E-state index contributed by atoms with van der Waals surface area (Å²) in [6.07, 6.45) is -1.53. The number of aliphatic hydroxyl groups is 2. The molecule has 1 amide bonds. The number of phosphoric ester groups is 2. The van der Waals surface area contributed by atoms with E-state index < -0.39 is 71.6 Å². The molecule has 0 aliphatic carbocycles. The summed E-state index contributed by atoms with van der Waals surface area (Å²) in [5.74, 6) is -0.898. The lowest BCUT2D eigenvalue weighted by atomic mass is 9.93. The van der Waals surface area contributed by atoms with E-state index in [0.717, 1.165) is 0 Å². The van der Waals surface area contributed by atoms with Crippen molar-refractivity contribution in [1.29, 1.82) is 0 Å². The lowest BCUT2D eigenvalue weighted by Crippen LogP contribution is -2.46. The van der Waals surface area contributed by atoms with Gasteiger partial charge >= 0.3 is 15.6 Å². The second kappa shape index (κ2) is 12.5. The molecule has 3 aromatic heterocycles. The van der Waals surface area contributed by atoms with Crippen LogP contribution in [0.5, 0.6) is 0 Å². The Kier molecular flexibility index (Phi) is 9.19. The van der Waals surface area contributed by atoms with Crippen molar-refractivity contribution in [3.63, 3.8) is 0 Å². The zero-order valence-corrected chi connectivity index (χ0v) is 25.1. The number of hydrogen-bond donors (Lipinski definition) is 6. The maximum absolute atomic E-state index is 12.6. The minimum atomic E-state index is -5.26. The van der Waals surface area contributed by atoms with E-state index in [9.17, 15) is 33.9 Å². The Labute approximate surface area is 249 Å². The Morgan fingerprint density at radius 3 is 2.41 bits per heavy atom. The molecule has 44 heavy (non-hydrogen) atoms. The van der Waals surface area contributed by atoms with Crippen molar-refractivity contribution in [2.45, 2.75) is 50.7 Å². The Morgan fingerprint density at radius 2 is 1.73 bits per heavy atom. The molecule has 2 fully saturated rings. The summed E-state index contributed by atoms with van der Waals surface area (Å²) in [6.45, 7) is 2.42. The first-order chi connectivity index (χ1) is 20.7. The predicted octanol–water partition coefficient (Wildman–Crippen LogP) is -0.465. The molecule has 2 aliphatic heterocycles. The maximum Gasteiger partial charge on any atom is 0.481 e. The summed E-state index contributed by atoms with van der Waals surface area (Å²) in [6, 6.07) is 2.89. The fourth-order valence-corrected chi connectivity index (χ4v) is 7.11. The summed E-state index contributed by atoms with van der Waals surface area (Å²) in [5, 5.41) is 20.8. The Balaban J connectivity index is 1.16. The number of carbonyl (C=O) groups is 1. The third kappa shape index (κ3) is 6.68. The number of aliphatic hydroxyl groups excluding tert-OH is 2. The fourth-order valence-electron chi connectivity index (χ4n) is 5.01. The summed E-state index contributed by atoms with van der Waals surface area (Å²) >= 11 is 0. The average molecular weight is 660 g/mol. The number of aromatic nitrogens is 5. The molecule has 3 aromatic rings. The average Bonchev–Trinajstić information content (AvgIpc) is 3.61. The van der Waals surface area contributed by atoms with Crippen LogP contribution in [0.2, 0.25) is 0 Å². The first kappa shape index (κ1) is 32.5. The van der Waals surface area contributed by atoms with Gasteiger partial charge in [-0.05, 0) is 12.0 Å². The van der Waals surface area contributed by atoms with Crippen molar-refractivity contribution in [3.8, 4) is 0 Å². The molecule has 0 bridgehead atoms. The predicted molar refractivity (Wildman–Crippen MR) is 146 cm³/mol. The molecule has 21 heteroatoms. The van der Waals surface area contributed by atoms with Gasteiger partial charge in [0, 0.05) is 12.0 Å². The third-order valence-electron chi connectivity index (χ3n) is 7.59. The van der Waals surface area contributed by atoms with E-state index in [4.69, 9.17) is 30.0 Å². The van der Waals surface area contributed by atoms with E-state index in [-0.39, 0.29) is 23.2 Å². The van der Waals surface area contributed by atoms with Crippen molar-refractivity contribution in [3.05, 3.63) is 42.7 Å². The van der Waals surface area contributed by atoms with Gasteiger partial charge in [-0.1, -0.05) is 13.8 Å². The number of nitrogens with two attached hydrogens (primary N) is 2. The van der Waals surface area contributed by atoms with Crippen LogP contribution < -0.4 is 16.0 Å². The van der Waals surface area contributed by atoms with Gasteiger partial charge in [0.2, 0.25) is 0 Å². The zero-order valence-electron chi connectivity index (χ0n) is 23.3. The summed E-state index contributed by atoms with van der Waals surface area (Å²) < 4.78 is 53.8. The number of phosphoric acid groups is 2. The quantitative estimate of drug-likeness (QED) is 0.112. The highest BCUT2D eigenvalue weighted by Gasteiger charge is 2.50. The largest absolute Gasteiger partial charge is 0.481 e. The van der Waals surface area contributed by atoms with E-state index in [2.05, 4.69) is 19.3 Å². The minimum Gasteiger partial charge on any atom is -0.387 e. The molecule has 8 N–H and O–H groups in total. The molecule has 2 aliphatic rings. The molecule has 5 rings (SSSR count). The van der Waals surface area contributed by atoms with Gasteiger partial charge in [0.1, 0.15) is 35.8 Å². The number of anilines is 1. The third-order valence-corrected chi connectivity index (χ3v) is 10.2. The van der Waals surface area contributed by atoms with E-state index >= 15 is 0 Å². The van der Waals surface area contributed by atoms with Gasteiger partial charge in [-0.3, -0.25) is 18.4 Å². The molecule has 0 aromatic carbocycles. The lowest BCUT2D eigenvalue weighted by Gasteiger charge is -2.20. The number of imidazole rings is 1. The van der Waals surface area contributed by atoms with Crippen LogP contribution in [0.3, 0.4) is 0 Å². The minimum absolute atomic E-state index is 0.0989. The van der Waals surface area contributed by atoms with E-state index in [1.165, 1.54) is 41.7 Å². The number of fused-ring (bicyclic) bond motifs is 1. The lowest BCUT2D eigenvalue weighted by molar-refractivity contribution is -0.765. The van der Waals surface area contributed by atoms with Crippen molar-refractivity contribution in [2.75, 3.05) is 18.9 Å². The van der Waals surface area contributed by atoms with Crippen LogP contribution in [0, 0.1) is 11.8 Å². The molecule has 0 radical (unpaired) electrons. The number of primary amides is 1. The van der Waals surface area contributed by atoms with Crippen LogP contribution in [-0.2, 0) is 32.0 Å². The molecule has 19 nitrogen and oxygen atoms in total. The van der Waals surface area contributed by atoms with Crippen molar-refractivity contribution in [1.82, 2.24) is 19.5 Å². The summed E-state index contributed by atoms with van der Waals surface area (Å²) in [5.41, 5.74) is 12.0. The van der Waals surface area contributed by atoms with Crippen molar-refractivity contribution in [2.24, 2.45) is 17.6 Å². The van der Waals surface area contributed by atoms with Crippen LogP contribution in [0.25, 0.3) is 11.2 Å². The van der Waals surface area contributed by atoms with Crippen molar-refractivity contribution >= 4 is 38.5 Å². The van der Waals surface area contributed by atoms with Crippen LogP contribution >= 0.6 is 15.6 Å². The number of pyridine rings is 1. The number of amides is 1. The number of hydrogen-bond acceptors (Lipinski definition) is 14. The van der Waals surface area contributed by atoms with Gasteiger partial charge in [-0.25, -0.2) is 24.1 Å². The van der Waals surface area contributed by atoms with E-state index in [1.807, 2.05) is 13.8 Å². The number of ether oxygens (including phenoxy) is 2. The van der Waals surface area contributed by atoms with Gasteiger partial charge in [0.15, 0.2) is 30.0 Å². The Bertz CT molecular complexity index is 1630. The molecule has 5 heterocycles. The Morgan fingerprint density at radius 1 is 1.05 bits per heavy atom. The van der Waals surface area contributed by atoms with Crippen molar-refractivity contribution < 1.29 is 61.3 Å². The van der Waals surface area contributed by atoms with Gasteiger partial charge in [0.25, 0.3) is 12.1 Å². The standard InChI is InChI=1S/C23H31N7O12P2/c1-11-12(2)22(30-10-28-16-19(24)26-9-27-21(16)30)40-14(11)7-38-43(34,35)42-44(36,37)39-8-15-17(31)18(32)23(41-15)29-5-3-4-13(6-29)20(25)33/h3-6,9-12,14-15,17-18,22-23,31-32H,7-8H2,1-2H3,(H5-,24,25,26,27,33,34,35,36,37)/p+1. The second-order valence-electron chi connectivity index (χ2n) is 10.4. The maximum atomic E-state index is 12.6. The number of carbonyl (C=O) groups excluding carboxylic acids is 1. The first-order valence-electron chi connectivity index (χ1n) is 13.2. The molecule has 0 saturated carbocycles. The molecule has 240 valence electrons. The molecular weight excluding hydrogens is 628 g/mol. The highest BCUT2D eigenvalue weighted by atomic mass is 31.3. The van der Waals surface area contributed by atoms with Gasteiger partial charge in [-0.2, -0.15) is 8.88 Å². The highest BCUT2D eigenvalue weighted by Crippen LogP contribution is 2.61. The topological polar surface area (TPSA) is 278 Å². The van der Waals surface area contributed by atoms with Crippen LogP contribution in [-0.4, -0.2) is 83.1 Å². The second-order valence-corrected chi connectivity index (χ2v) is 13.5. The van der Waals surface area contributed by atoms with Crippen LogP contribution in [0.15, 0.2) is 37.2 Å². The number of nitrogens with zero attached hydrogens (tertiary/aromatic N) is 5. The van der Waals surface area contributed by atoms with Gasteiger partial charge in [-0.15, -0.1) is 0 Å². The van der Waals surface area contributed by atoms with Gasteiger partial charge in [0.05, 0.1) is 25.6 Å². The van der Waals surface area contributed by atoms with Crippen LogP contribution in [0.1, 0.15) is 36.7 Å². The van der Waals surface area contributed by atoms with Gasteiger partial charge < -0.3 is 40.9 Å². The summed E-state index contributed by atoms with van der Waals surface area (Å²) in [4.78, 5) is 44.1. The number of rotatable bonds is 11. The molecule has 0 spiro atoms. The monoisotopic (exact) mass is 660 g/mol. The highest BCUT2D eigenvalue weighted by molar-refractivity contribution is 7.61. The fraction of sp³-hybridized carbons (Fsp3) is 0.522. The van der Waals surface area contributed by atoms with Crippen LogP contribution in [0.4, 0.5) is 5.82 Å². The summed E-state index contributed by atoms with van der Waals surface area (Å²) in [7, 11) is -10.4. The normalized spacial score (nSPS) is 31.6. The molecule has 10 atom stereocenters. The molecule has 10 unspecified atom stereocenters. The molecule has 2 saturated heterocycles.